The van der Waals surface area contributed by atoms with Crippen LogP contribution in [0.3, 0.4) is 0 Å². The van der Waals surface area contributed by atoms with Crippen LogP contribution in [-0.2, 0) is 4.79 Å². The molecule has 0 spiro atoms. The maximum absolute atomic E-state index is 10.4. The van der Waals surface area contributed by atoms with Gasteiger partial charge in [0.05, 0.1) is 3.23 Å². The molecule has 0 unspecified atom stereocenters. The molecular formula is C7H10Br2O2. The van der Waals surface area contributed by atoms with Crippen LogP contribution in [0.15, 0.2) is 11.6 Å². The summed E-state index contributed by atoms with van der Waals surface area (Å²) in [6.07, 6.45) is 2.42. The third-order valence-electron chi connectivity index (χ3n) is 1.24. The van der Waals surface area contributed by atoms with E-state index in [2.05, 4.69) is 31.9 Å². The number of hydrogen-bond acceptors (Lipinski definition) is 1. The van der Waals surface area contributed by atoms with Gasteiger partial charge in [0.2, 0.25) is 0 Å². The first kappa shape index (κ1) is 11.2. The lowest BCUT2D eigenvalue weighted by Crippen LogP contribution is -2.08. The minimum atomic E-state index is -0.887. The number of allylic oxidation sites excluding steroid dienone is 1. The zero-order valence-electron chi connectivity index (χ0n) is 6.40. The van der Waals surface area contributed by atoms with E-state index >= 15 is 0 Å². The van der Waals surface area contributed by atoms with Crippen molar-refractivity contribution in [3.63, 3.8) is 0 Å². The largest absolute Gasteiger partial charge is 0.478 e. The summed E-state index contributed by atoms with van der Waals surface area (Å²) < 4.78 is -0.373. The number of carboxylic acid groups (broad SMARTS) is 1. The molecule has 0 aromatic heterocycles. The zero-order chi connectivity index (χ0) is 9.07. The Morgan fingerprint density at radius 2 is 2.09 bits per heavy atom. The molecule has 64 valence electrons. The molecule has 0 heterocycles. The van der Waals surface area contributed by atoms with Gasteiger partial charge in [-0.2, -0.15) is 0 Å². The SMILES string of the molecule is CCC(Br)(Br)/C=C(\C)C(=O)O. The first-order chi connectivity index (χ1) is 4.89. The topological polar surface area (TPSA) is 37.3 Å². The van der Waals surface area contributed by atoms with Gasteiger partial charge in [-0.25, -0.2) is 4.79 Å². The summed E-state index contributed by atoms with van der Waals surface area (Å²) in [5, 5.41) is 8.53. The Morgan fingerprint density at radius 1 is 1.64 bits per heavy atom. The Morgan fingerprint density at radius 3 is 2.36 bits per heavy atom. The Hall–Kier alpha value is 0.170. The normalized spacial score (nSPS) is 13.3. The highest BCUT2D eigenvalue weighted by atomic mass is 79.9. The first-order valence-corrected chi connectivity index (χ1v) is 4.78. The van der Waals surface area contributed by atoms with Gasteiger partial charge in [0, 0.05) is 5.57 Å². The number of halogens is 2. The molecule has 0 saturated carbocycles. The van der Waals surface area contributed by atoms with Crippen LogP contribution < -0.4 is 0 Å². The van der Waals surface area contributed by atoms with Crippen molar-refractivity contribution in [1.29, 1.82) is 0 Å². The van der Waals surface area contributed by atoms with Gasteiger partial charge in [-0.15, -0.1) is 0 Å². The second kappa shape index (κ2) is 4.26. The second-order valence-corrected chi connectivity index (χ2v) is 6.14. The van der Waals surface area contributed by atoms with Crippen molar-refractivity contribution in [1.82, 2.24) is 0 Å². The molecule has 0 aliphatic rings. The van der Waals surface area contributed by atoms with Crippen molar-refractivity contribution >= 4 is 37.8 Å². The van der Waals surface area contributed by atoms with E-state index in [9.17, 15) is 4.79 Å². The third-order valence-corrected chi connectivity index (χ3v) is 2.82. The molecule has 0 aliphatic carbocycles. The fourth-order valence-corrected chi connectivity index (χ4v) is 1.17. The molecule has 1 N–H and O–H groups in total. The summed E-state index contributed by atoms with van der Waals surface area (Å²) in [7, 11) is 0. The quantitative estimate of drug-likeness (QED) is 0.639. The summed E-state index contributed by atoms with van der Waals surface area (Å²) in [5.74, 6) is -0.887. The lowest BCUT2D eigenvalue weighted by Gasteiger charge is -2.12. The first-order valence-electron chi connectivity index (χ1n) is 3.19. The van der Waals surface area contributed by atoms with Crippen LogP contribution in [0.2, 0.25) is 0 Å². The van der Waals surface area contributed by atoms with Gasteiger partial charge >= 0.3 is 5.97 Å². The summed E-state index contributed by atoms with van der Waals surface area (Å²) >= 11 is 6.65. The van der Waals surface area contributed by atoms with Gasteiger partial charge in [-0.05, 0) is 19.4 Å². The Labute approximate surface area is 82.9 Å². The maximum atomic E-state index is 10.4. The molecule has 11 heavy (non-hydrogen) atoms. The summed E-state index contributed by atoms with van der Waals surface area (Å²) in [6, 6.07) is 0. The van der Waals surface area contributed by atoms with Crippen molar-refractivity contribution in [2.75, 3.05) is 0 Å². The zero-order valence-corrected chi connectivity index (χ0v) is 9.57. The van der Waals surface area contributed by atoms with Gasteiger partial charge in [0.25, 0.3) is 0 Å². The summed E-state index contributed by atoms with van der Waals surface area (Å²) in [6.45, 7) is 3.52. The molecule has 0 saturated heterocycles. The van der Waals surface area contributed by atoms with Crippen molar-refractivity contribution in [3.05, 3.63) is 11.6 Å². The highest BCUT2D eigenvalue weighted by molar-refractivity contribution is 9.25. The molecule has 2 nitrogen and oxygen atoms in total. The second-order valence-electron chi connectivity index (χ2n) is 2.25. The molecule has 0 fully saturated rings. The molecule has 4 heteroatoms. The smallest absolute Gasteiger partial charge is 0.331 e. The summed E-state index contributed by atoms with van der Waals surface area (Å²) in [4.78, 5) is 10.4. The van der Waals surface area contributed by atoms with E-state index in [0.29, 0.717) is 5.57 Å². The highest BCUT2D eigenvalue weighted by Crippen LogP contribution is 2.32. The van der Waals surface area contributed by atoms with Crippen molar-refractivity contribution in [2.24, 2.45) is 0 Å². The van der Waals surface area contributed by atoms with E-state index < -0.39 is 5.97 Å². The minimum Gasteiger partial charge on any atom is -0.478 e. The van der Waals surface area contributed by atoms with E-state index in [1.807, 2.05) is 6.92 Å². The number of hydrogen-bond donors (Lipinski definition) is 1. The van der Waals surface area contributed by atoms with Gasteiger partial charge in [0.15, 0.2) is 0 Å². The van der Waals surface area contributed by atoms with Crippen LogP contribution in [0.1, 0.15) is 20.3 Å². The van der Waals surface area contributed by atoms with Gasteiger partial charge in [-0.3, -0.25) is 0 Å². The lowest BCUT2D eigenvalue weighted by atomic mass is 10.2. The minimum absolute atomic E-state index is 0.334. The molecule has 0 radical (unpaired) electrons. The van der Waals surface area contributed by atoms with Crippen LogP contribution in [0.5, 0.6) is 0 Å². The molecule has 0 rings (SSSR count). The number of rotatable bonds is 3. The number of carbonyl (C=O) groups is 1. The van der Waals surface area contributed by atoms with E-state index in [0.717, 1.165) is 6.42 Å². The molecular weight excluding hydrogens is 276 g/mol. The third kappa shape index (κ3) is 4.58. The Bertz CT molecular complexity index is 185. The Balaban J connectivity index is 4.41. The molecule has 0 aliphatic heterocycles. The van der Waals surface area contributed by atoms with Crippen LogP contribution in [0.25, 0.3) is 0 Å². The van der Waals surface area contributed by atoms with Crippen LogP contribution in [-0.4, -0.2) is 14.3 Å². The molecule has 0 amide bonds. The van der Waals surface area contributed by atoms with Crippen LogP contribution in [0, 0.1) is 0 Å². The lowest BCUT2D eigenvalue weighted by molar-refractivity contribution is -0.132. The monoisotopic (exact) mass is 284 g/mol. The predicted octanol–water partition coefficient (Wildman–Crippen LogP) is 2.91. The van der Waals surface area contributed by atoms with Crippen molar-refractivity contribution < 1.29 is 9.90 Å². The highest BCUT2D eigenvalue weighted by Gasteiger charge is 2.17. The van der Waals surface area contributed by atoms with Gasteiger partial charge < -0.3 is 5.11 Å². The molecule has 0 aromatic carbocycles. The van der Waals surface area contributed by atoms with E-state index in [-0.39, 0.29) is 3.23 Å². The molecule has 0 atom stereocenters. The molecule has 0 aromatic rings. The molecule has 0 bridgehead atoms. The van der Waals surface area contributed by atoms with Gasteiger partial charge in [0.1, 0.15) is 0 Å². The van der Waals surface area contributed by atoms with E-state index in [1.165, 1.54) is 0 Å². The predicted molar refractivity (Wildman–Crippen MR) is 52.3 cm³/mol. The fraction of sp³-hybridized carbons (Fsp3) is 0.571. The average Bonchev–Trinajstić information content (AvgIpc) is 1.87. The Kier molecular flexibility index (Phi) is 4.32. The number of alkyl halides is 2. The van der Waals surface area contributed by atoms with Crippen LogP contribution in [0.4, 0.5) is 0 Å². The van der Waals surface area contributed by atoms with Crippen molar-refractivity contribution in [3.8, 4) is 0 Å². The number of carboxylic acids is 1. The standard InChI is InChI=1S/C7H10Br2O2/c1-3-7(8,9)4-5(2)6(10)11/h4H,3H2,1-2H3,(H,10,11)/b5-4+. The summed E-state index contributed by atoms with van der Waals surface area (Å²) in [5.41, 5.74) is 0.334. The number of aliphatic carboxylic acids is 1. The van der Waals surface area contributed by atoms with Crippen LogP contribution >= 0.6 is 31.9 Å². The van der Waals surface area contributed by atoms with E-state index in [4.69, 9.17) is 5.11 Å². The van der Waals surface area contributed by atoms with E-state index in [1.54, 1.807) is 13.0 Å². The van der Waals surface area contributed by atoms with Gasteiger partial charge in [-0.1, -0.05) is 38.8 Å². The average molecular weight is 286 g/mol. The maximum Gasteiger partial charge on any atom is 0.331 e. The van der Waals surface area contributed by atoms with Crippen molar-refractivity contribution in [2.45, 2.75) is 23.5 Å². The fourth-order valence-electron chi connectivity index (χ4n) is 0.481.